The monoisotopic (exact) mass is 466 g/mol. The van der Waals surface area contributed by atoms with E-state index in [1.807, 2.05) is 13.8 Å². The van der Waals surface area contributed by atoms with Gasteiger partial charge in [0, 0.05) is 6.42 Å². The summed E-state index contributed by atoms with van der Waals surface area (Å²) in [6, 6.07) is 0. The Kier molecular flexibility index (Phi) is 6.98. The van der Waals surface area contributed by atoms with Crippen LogP contribution in [0.1, 0.15) is 87.0 Å². The smallest absolute Gasteiger partial charge is 0.306 e. The average molecular weight is 467 g/mol. The first-order valence-electron chi connectivity index (χ1n) is 13.3. The van der Waals surface area contributed by atoms with Gasteiger partial charge in [0.05, 0.1) is 11.7 Å². The van der Waals surface area contributed by atoms with Gasteiger partial charge in [0.25, 0.3) is 0 Å². The molecular weight excluding hydrogens is 420 g/mol. The van der Waals surface area contributed by atoms with Crippen molar-refractivity contribution >= 4 is 5.97 Å². The number of carbonyl (C=O) groups is 1. The standard InChI is InChI=1S/C27H46O6/c1-8-14(2)13-19(28)32-24-23(30)22(29)16(4)31-25(24)33-27(7)12-11-18-21(26(18,5)6)20-15(3)9-10-17(20)27/h14-18,20-25,29-30H,8-13H2,1-7H3. The largest absolute Gasteiger partial charge is 0.454 e. The number of aliphatic hydroxyl groups is 2. The van der Waals surface area contributed by atoms with Crippen LogP contribution in [0, 0.1) is 40.9 Å². The van der Waals surface area contributed by atoms with E-state index in [4.69, 9.17) is 14.2 Å². The Balaban J connectivity index is 1.55. The number of fused-ring (bicyclic) bond motifs is 3. The lowest BCUT2D eigenvalue weighted by Crippen LogP contribution is -2.61. The molecule has 33 heavy (non-hydrogen) atoms. The molecular formula is C27H46O6. The predicted molar refractivity (Wildman–Crippen MR) is 125 cm³/mol. The second-order valence-corrected chi connectivity index (χ2v) is 12.5. The minimum atomic E-state index is -1.24. The molecule has 4 rings (SSSR count). The van der Waals surface area contributed by atoms with Gasteiger partial charge in [0.2, 0.25) is 0 Å². The maximum atomic E-state index is 12.6. The van der Waals surface area contributed by atoms with E-state index in [0.29, 0.717) is 23.2 Å². The van der Waals surface area contributed by atoms with Crippen LogP contribution in [0.3, 0.4) is 0 Å². The lowest BCUT2D eigenvalue weighted by atomic mass is 9.74. The molecule has 1 heterocycles. The van der Waals surface area contributed by atoms with E-state index < -0.39 is 36.3 Å². The van der Waals surface area contributed by atoms with Crippen molar-refractivity contribution in [2.75, 3.05) is 0 Å². The molecule has 3 aliphatic carbocycles. The number of hydrogen-bond donors (Lipinski definition) is 2. The first-order chi connectivity index (χ1) is 15.4. The summed E-state index contributed by atoms with van der Waals surface area (Å²) >= 11 is 0. The minimum absolute atomic E-state index is 0.192. The van der Waals surface area contributed by atoms with Crippen molar-refractivity contribution in [1.29, 1.82) is 0 Å². The molecule has 12 unspecified atom stereocenters. The molecule has 0 amide bonds. The van der Waals surface area contributed by atoms with Gasteiger partial charge in [-0.2, -0.15) is 0 Å². The molecule has 1 saturated heterocycles. The Bertz CT molecular complexity index is 723. The average Bonchev–Trinajstić information content (AvgIpc) is 3.12. The van der Waals surface area contributed by atoms with Gasteiger partial charge in [-0.05, 0) is 74.0 Å². The van der Waals surface area contributed by atoms with Gasteiger partial charge in [0.15, 0.2) is 12.4 Å². The molecule has 12 atom stereocenters. The summed E-state index contributed by atoms with van der Waals surface area (Å²) in [4.78, 5) is 12.6. The fraction of sp³-hybridized carbons (Fsp3) is 0.963. The van der Waals surface area contributed by atoms with Crippen LogP contribution in [0.5, 0.6) is 0 Å². The third kappa shape index (κ3) is 4.50. The van der Waals surface area contributed by atoms with Gasteiger partial charge in [0.1, 0.15) is 12.2 Å². The fourth-order valence-electron chi connectivity index (χ4n) is 7.53. The Labute approximate surface area is 199 Å². The van der Waals surface area contributed by atoms with E-state index in [1.165, 1.54) is 6.42 Å². The lowest BCUT2D eigenvalue weighted by Gasteiger charge is -2.47. The van der Waals surface area contributed by atoms with Crippen LogP contribution in [0.4, 0.5) is 0 Å². The quantitative estimate of drug-likeness (QED) is 0.568. The van der Waals surface area contributed by atoms with Crippen molar-refractivity contribution in [3.8, 4) is 0 Å². The van der Waals surface area contributed by atoms with Gasteiger partial charge in [-0.25, -0.2) is 0 Å². The second-order valence-electron chi connectivity index (χ2n) is 12.5. The van der Waals surface area contributed by atoms with Crippen molar-refractivity contribution in [2.24, 2.45) is 40.9 Å². The van der Waals surface area contributed by atoms with Crippen LogP contribution in [0.15, 0.2) is 0 Å². The zero-order valence-corrected chi connectivity index (χ0v) is 21.6. The lowest BCUT2D eigenvalue weighted by molar-refractivity contribution is -0.329. The summed E-state index contributed by atoms with van der Waals surface area (Å²) in [7, 11) is 0. The van der Waals surface area contributed by atoms with Gasteiger partial charge in [-0.1, -0.05) is 47.5 Å². The molecule has 3 saturated carbocycles. The molecule has 0 bridgehead atoms. The van der Waals surface area contributed by atoms with Crippen LogP contribution in [0.25, 0.3) is 0 Å². The van der Waals surface area contributed by atoms with E-state index in [-0.39, 0.29) is 18.3 Å². The molecule has 0 radical (unpaired) electrons. The molecule has 0 aromatic rings. The number of esters is 1. The van der Waals surface area contributed by atoms with Crippen molar-refractivity contribution < 1.29 is 29.2 Å². The molecule has 0 aromatic carbocycles. The number of carbonyl (C=O) groups excluding carboxylic acids is 1. The van der Waals surface area contributed by atoms with Crippen molar-refractivity contribution in [1.82, 2.24) is 0 Å². The maximum absolute atomic E-state index is 12.6. The SMILES string of the molecule is CCC(C)CC(=O)OC1C(OC2(C)CCC3C(C4C(C)CCC42)C3(C)C)OC(C)C(O)C1O. The molecule has 6 heteroatoms. The van der Waals surface area contributed by atoms with Crippen LogP contribution >= 0.6 is 0 Å². The molecule has 2 N–H and O–H groups in total. The molecule has 0 spiro atoms. The van der Waals surface area contributed by atoms with E-state index in [1.54, 1.807) is 6.92 Å². The predicted octanol–water partition coefficient (Wildman–Crippen LogP) is 4.30. The normalized spacial score (nSPS) is 49.5. The summed E-state index contributed by atoms with van der Waals surface area (Å²) in [6.45, 7) is 15.2. The van der Waals surface area contributed by atoms with E-state index in [9.17, 15) is 15.0 Å². The Morgan fingerprint density at radius 2 is 1.79 bits per heavy atom. The van der Waals surface area contributed by atoms with Gasteiger partial charge in [-0.3, -0.25) is 4.79 Å². The van der Waals surface area contributed by atoms with E-state index in [0.717, 1.165) is 37.5 Å². The third-order valence-electron chi connectivity index (χ3n) is 9.99. The summed E-state index contributed by atoms with van der Waals surface area (Å²) in [5.74, 6) is 3.01. The summed E-state index contributed by atoms with van der Waals surface area (Å²) in [6.07, 6.45) is 0.671. The Morgan fingerprint density at radius 1 is 1.09 bits per heavy atom. The number of aliphatic hydroxyl groups excluding tert-OH is 2. The highest BCUT2D eigenvalue weighted by atomic mass is 16.7. The van der Waals surface area contributed by atoms with Crippen molar-refractivity contribution in [3.05, 3.63) is 0 Å². The number of rotatable bonds is 6. The Morgan fingerprint density at radius 3 is 2.45 bits per heavy atom. The van der Waals surface area contributed by atoms with Crippen LogP contribution in [-0.2, 0) is 19.0 Å². The topological polar surface area (TPSA) is 85.2 Å². The highest BCUT2D eigenvalue weighted by Gasteiger charge is 2.67. The van der Waals surface area contributed by atoms with Crippen LogP contribution in [-0.4, -0.2) is 52.5 Å². The van der Waals surface area contributed by atoms with E-state index >= 15 is 0 Å². The van der Waals surface area contributed by atoms with Gasteiger partial charge < -0.3 is 24.4 Å². The van der Waals surface area contributed by atoms with Crippen molar-refractivity contribution in [3.63, 3.8) is 0 Å². The second kappa shape index (κ2) is 9.07. The molecule has 1 aliphatic heterocycles. The number of hydrogen-bond acceptors (Lipinski definition) is 6. The highest BCUT2D eigenvalue weighted by Crippen LogP contribution is 2.71. The molecule has 4 fully saturated rings. The van der Waals surface area contributed by atoms with E-state index in [2.05, 4.69) is 27.7 Å². The molecule has 0 aromatic heterocycles. The summed E-state index contributed by atoms with van der Waals surface area (Å²) < 4.78 is 18.6. The van der Waals surface area contributed by atoms with Crippen LogP contribution in [0.2, 0.25) is 0 Å². The zero-order chi connectivity index (χ0) is 24.3. The minimum Gasteiger partial charge on any atom is -0.454 e. The first kappa shape index (κ1) is 25.4. The Hall–Kier alpha value is -0.690. The molecule has 4 aliphatic rings. The number of ether oxygens (including phenoxy) is 3. The van der Waals surface area contributed by atoms with Crippen molar-refractivity contribution in [2.45, 2.75) is 123 Å². The van der Waals surface area contributed by atoms with Crippen LogP contribution < -0.4 is 0 Å². The van der Waals surface area contributed by atoms with Gasteiger partial charge in [-0.15, -0.1) is 0 Å². The summed E-state index contributed by atoms with van der Waals surface area (Å²) in [5.41, 5.74) is -0.000265. The molecule has 6 nitrogen and oxygen atoms in total. The van der Waals surface area contributed by atoms with Gasteiger partial charge >= 0.3 is 5.97 Å². The first-order valence-corrected chi connectivity index (χ1v) is 13.3. The summed E-state index contributed by atoms with van der Waals surface area (Å²) in [5, 5.41) is 21.3. The molecule has 190 valence electrons. The zero-order valence-electron chi connectivity index (χ0n) is 21.6. The highest BCUT2D eigenvalue weighted by molar-refractivity contribution is 5.70. The fourth-order valence-corrected chi connectivity index (χ4v) is 7.53. The third-order valence-corrected chi connectivity index (χ3v) is 9.99. The maximum Gasteiger partial charge on any atom is 0.306 e.